The molecular formula is C12H10ClFN2O2. The van der Waals surface area contributed by atoms with E-state index in [1.54, 1.807) is 12.1 Å². The molecule has 6 heteroatoms. The van der Waals surface area contributed by atoms with Crippen molar-refractivity contribution in [1.29, 1.82) is 0 Å². The third kappa shape index (κ3) is 3.24. The van der Waals surface area contributed by atoms with Gasteiger partial charge in [-0.1, -0.05) is 11.6 Å². The lowest BCUT2D eigenvalue weighted by molar-refractivity contribution is 0.250. The van der Waals surface area contributed by atoms with Crippen LogP contribution < -0.4 is 10.6 Å². The maximum Gasteiger partial charge on any atom is 0.319 e. The zero-order chi connectivity index (χ0) is 13.0. The molecule has 2 rings (SSSR count). The van der Waals surface area contributed by atoms with Crippen molar-refractivity contribution in [3.8, 4) is 0 Å². The van der Waals surface area contributed by atoms with Crippen molar-refractivity contribution in [3.05, 3.63) is 53.2 Å². The Morgan fingerprint density at radius 1 is 1.39 bits per heavy atom. The first-order valence-electron chi connectivity index (χ1n) is 5.17. The van der Waals surface area contributed by atoms with Crippen LogP contribution in [0.15, 0.2) is 41.0 Å². The van der Waals surface area contributed by atoms with Gasteiger partial charge < -0.3 is 15.1 Å². The summed E-state index contributed by atoms with van der Waals surface area (Å²) < 4.78 is 18.4. The molecule has 0 aliphatic heterocycles. The third-order valence-electron chi connectivity index (χ3n) is 2.18. The summed E-state index contributed by atoms with van der Waals surface area (Å²) in [6.45, 7) is 0.230. The van der Waals surface area contributed by atoms with Gasteiger partial charge in [0.05, 0.1) is 18.5 Å². The molecule has 0 saturated heterocycles. The normalized spacial score (nSPS) is 10.1. The number of anilines is 1. The van der Waals surface area contributed by atoms with E-state index in [4.69, 9.17) is 16.0 Å². The van der Waals surface area contributed by atoms with Gasteiger partial charge in [0.15, 0.2) is 0 Å². The van der Waals surface area contributed by atoms with Crippen molar-refractivity contribution in [2.24, 2.45) is 0 Å². The van der Waals surface area contributed by atoms with E-state index in [2.05, 4.69) is 10.6 Å². The predicted octanol–water partition coefficient (Wildman–Crippen LogP) is 3.39. The second-order valence-corrected chi connectivity index (χ2v) is 3.95. The Morgan fingerprint density at radius 3 is 2.89 bits per heavy atom. The van der Waals surface area contributed by atoms with Crippen molar-refractivity contribution < 1.29 is 13.6 Å². The number of halogens is 2. The number of carbonyl (C=O) groups is 1. The van der Waals surface area contributed by atoms with Crippen LogP contribution in [0.5, 0.6) is 0 Å². The zero-order valence-corrected chi connectivity index (χ0v) is 10.00. The second kappa shape index (κ2) is 5.55. The van der Waals surface area contributed by atoms with Gasteiger partial charge in [-0.3, -0.25) is 0 Å². The summed E-state index contributed by atoms with van der Waals surface area (Å²) in [5.41, 5.74) is 0.0661. The number of furan rings is 1. The van der Waals surface area contributed by atoms with Crippen LogP contribution in [0, 0.1) is 5.82 Å². The molecule has 2 aromatic rings. The lowest BCUT2D eigenvalue weighted by atomic mass is 10.3. The average Bonchev–Trinajstić information content (AvgIpc) is 2.83. The Balaban J connectivity index is 1.91. The standard InChI is InChI=1S/C12H10ClFN2O2/c13-8-3-4-11(10(14)6-8)16-12(17)15-7-9-2-1-5-18-9/h1-6H,7H2,(H2,15,16,17). The van der Waals surface area contributed by atoms with Gasteiger partial charge in [-0.05, 0) is 30.3 Å². The van der Waals surface area contributed by atoms with E-state index in [0.717, 1.165) is 6.07 Å². The van der Waals surface area contributed by atoms with Gasteiger partial charge in [-0.2, -0.15) is 0 Å². The van der Waals surface area contributed by atoms with Crippen molar-refractivity contribution in [3.63, 3.8) is 0 Å². The molecule has 1 aromatic heterocycles. The van der Waals surface area contributed by atoms with Crippen LogP contribution in [-0.4, -0.2) is 6.03 Å². The van der Waals surface area contributed by atoms with E-state index >= 15 is 0 Å². The molecular weight excluding hydrogens is 259 g/mol. The molecule has 94 valence electrons. The highest BCUT2D eigenvalue weighted by molar-refractivity contribution is 6.30. The Hall–Kier alpha value is -2.01. The first-order valence-corrected chi connectivity index (χ1v) is 5.55. The third-order valence-corrected chi connectivity index (χ3v) is 2.42. The number of hydrogen-bond acceptors (Lipinski definition) is 2. The fourth-order valence-electron chi connectivity index (χ4n) is 1.34. The van der Waals surface area contributed by atoms with Gasteiger partial charge >= 0.3 is 6.03 Å². The molecule has 0 bridgehead atoms. The van der Waals surface area contributed by atoms with Gasteiger partial charge in [-0.15, -0.1) is 0 Å². The van der Waals surface area contributed by atoms with E-state index < -0.39 is 11.8 Å². The molecule has 0 saturated carbocycles. The van der Waals surface area contributed by atoms with E-state index in [-0.39, 0.29) is 17.3 Å². The molecule has 4 nitrogen and oxygen atoms in total. The minimum absolute atomic E-state index is 0.0661. The second-order valence-electron chi connectivity index (χ2n) is 3.51. The Bertz CT molecular complexity index is 543. The van der Waals surface area contributed by atoms with Gasteiger partial charge in [0.2, 0.25) is 0 Å². The molecule has 1 aromatic carbocycles. The van der Waals surface area contributed by atoms with Gasteiger partial charge in [0.25, 0.3) is 0 Å². The smallest absolute Gasteiger partial charge is 0.319 e. The zero-order valence-electron chi connectivity index (χ0n) is 9.24. The first-order chi connectivity index (χ1) is 8.65. The Morgan fingerprint density at radius 2 is 2.22 bits per heavy atom. The number of carbonyl (C=O) groups excluding carboxylic acids is 1. The minimum Gasteiger partial charge on any atom is -0.467 e. The summed E-state index contributed by atoms with van der Waals surface area (Å²) in [5.74, 6) is 0.0253. The van der Waals surface area contributed by atoms with Crippen molar-refractivity contribution >= 4 is 23.3 Å². The lowest BCUT2D eigenvalue weighted by Gasteiger charge is -2.07. The van der Waals surface area contributed by atoms with Crippen LogP contribution in [0.1, 0.15) is 5.76 Å². The fourth-order valence-corrected chi connectivity index (χ4v) is 1.50. The van der Waals surface area contributed by atoms with Crippen LogP contribution in [0.3, 0.4) is 0 Å². The molecule has 0 radical (unpaired) electrons. The topological polar surface area (TPSA) is 54.3 Å². The molecule has 0 atom stereocenters. The number of amides is 2. The van der Waals surface area contributed by atoms with Gasteiger partial charge in [0, 0.05) is 5.02 Å². The summed E-state index contributed by atoms with van der Waals surface area (Å²) in [5, 5.41) is 5.18. The van der Waals surface area contributed by atoms with E-state index in [1.165, 1.54) is 18.4 Å². The molecule has 0 unspecified atom stereocenters. The summed E-state index contributed by atoms with van der Waals surface area (Å²) in [7, 11) is 0. The quantitative estimate of drug-likeness (QED) is 0.896. The monoisotopic (exact) mass is 268 g/mol. The van der Waals surface area contributed by atoms with Gasteiger partial charge in [-0.25, -0.2) is 9.18 Å². The van der Waals surface area contributed by atoms with Crippen molar-refractivity contribution in [2.45, 2.75) is 6.54 Å². The van der Waals surface area contributed by atoms with Crippen LogP contribution in [0.2, 0.25) is 5.02 Å². The highest BCUT2D eigenvalue weighted by Crippen LogP contribution is 2.18. The van der Waals surface area contributed by atoms with Gasteiger partial charge in [0.1, 0.15) is 11.6 Å². The Kier molecular flexibility index (Phi) is 3.84. The maximum absolute atomic E-state index is 13.4. The first kappa shape index (κ1) is 12.4. The van der Waals surface area contributed by atoms with Crippen molar-refractivity contribution in [1.82, 2.24) is 5.32 Å². The average molecular weight is 269 g/mol. The van der Waals surface area contributed by atoms with E-state index in [0.29, 0.717) is 5.76 Å². The molecule has 1 heterocycles. The number of nitrogens with one attached hydrogen (secondary N) is 2. The van der Waals surface area contributed by atoms with Crippen LogP contribution >= 0.6 is 11.6 Å². The van der Waals surface area contributed by atoms with Crippen molar-refractivity contribution in [2.75, 3.05) is 5.32 Å². The molecule has 0 fully saturated rings. The molecule has 2 N–H and O–H groups in total. The fraction of sp³-hybridized carbons (Fsp3) is 0.0833. The highest BCUT2D eigenvalue weighted by atomic mass is 35.5. The minimum atomic E-state index is -0.587. The van der Waals surface area contributed by atoms with Crippen LogP contribution in [-0.2, 0) is 6.54 Å². The number of urea groups is 1. The predicted molar refractivity (Wildman–Crippen MR) is 66.0 cm³/mol. The molecule has 0 aliphatic rings. The SMILES string of the molecule is O=C(NCc1ccco1)Nc1ccc(Cl)cc1F. The number of benzene rings is 1. The molecule has 2 amide bonds. The summed E-state index contributed by atoms with van der Waals surface area (Å²) in [6, 6.07) is 6.94. The number of rotatable bonds is 3. The largest absolute Gasteiger partial charge is 0.467 e. The molecule has 0 aliphatic carbocycles. The molecule has 18 heavy (non-hydrogen) atoms. The lowest BCUT2D eigenvalue weighted by Crippen LogP contribution is -2.28. The summed E-state index contributed by atoms with van der Waals surface area (Å²) in [4.78, 5) is 11.5. The summed E-state index contributed by atoms with van der Waals surface area (Å²) >= 11 is 5.60. The number of hydrogen-bond donors (Lipinski definition) is 2. The summed E-state index contributed by atoms with van der Waals surface area (Å²) in [6.07, 6.45) is 1.51. The molecule has 0 spiro atoms. The Labute approximate surface area is 108 Å². The maximum atomic E-state index is 13.4. The highest BCUT2D eigenvalue weighted by Gasteiger charge is 2.07. The van der Waals surface area contributed by atoms with E-state index in [1.807, 2.05) is 0 Å². The van der Waals surface area contributed by atoms with Crippen LogP contribution in [0.25, 0.3) is 0 Å². The van der Waals surface area contributed by atoms with Crippen LogP contribution in [0.4, 0.5) is 14.9 Å². The van der Waals surface area contributed by atoms with E-state index in [9.17, 15) is 9.18 Å².